The van der Waals surface area contributed by atoms with Crippen molar-refractivity contribution in [3.63, 3.8) is 0 Å². The van der Waals surface area contributed by atoms with E-state index in [1.165, 1.54) is 21.8 Å². The van der Waals surface area contributed by atoms with E-state index in [0.717, 1.165) is 62.2 Å². The molecule has 3 amide bonds. The van der Waals surface area contributed by atoms with Crippen LogP contribution in [0.3, 0.4) is 0 Å². The van der Waals surface area contributed by atoms with E-state index in [0.29, 0.717) is 59.9 Å². The Balaban J connectivity index is 0.805. The van der Waals surface area contributed by atoms with Gasteiger partial charge in [0.2, 0.25) is 11.9 Å². The third-order valence-electron chi connectivity index (χ3n) is 12.1. The van der Waals surface area contributed by atoms with Gasteiger partial charge in [-0.05, 0) is 81.1 Å². The number of anilines is 5. The van der Waals surface area contributed by atoms with Crippen LogP contribution >= 0.6 is 0 Å². The average molecular weight is 844 g/mol. The van der Waals surface area contributed by atoms with E-state index >= 15 is 4.39 Å². The molecule has 0 bridgehead atoms. The first-order valence-corrected chi connectivity index (χ1v) is 21.0. The number of nitrogens with one attached hydrogen (secondary N) is 2. The quantitative estimate of drug-likeness (QED) is 0.155. The lowest BCUT2D eigenvalue weighted by Gasteiger charge is -2.40. The maximum atomic E-state index is 15.8. The zero-order valence-electron chi connectivity index (χ0n) is 35.1. The van der Waals surface area contributed by atoms with Crippen LogP contribution in [0.15, 0.2) is 78.2 Å². The van der Waals surface area contributed by atoms with Crippen molar-refractivity contribution in [2.24, 2.45) is 13.0 Å². The van der Waals surface area contributed by atoms with Crippen LogP contribution in [0, 0.1) is 11.7 Å². The Hall–Kier alpha value is -6.66. The first kappa shape index (κ1) is 40.7. The molecule has 9 rings (SSSR count). The number of pyridine rings is 1. The highest BCUT2D eigenvalue weighted by atomic mass is 19.1. The van der Waals surface area contributed by atoms with Crippen LogP contribution in [0.5, 0.6) is 0 Å². The Morgan fingerprint density at radius 1 is 0.952 bits per heavy atom. The van der Waals surface area contributed by atoms with Crippen molar-refractivity contribution in [2.75, 3.05) is 72.4 Å². The number of carbonyl (C=O) groups is 2. The number of aliphatic hydroxyl groups is 1. The number of allylic oxidation sites excluding steroid dienone is 1. The Kier molecular flexibility index (Phi) is 10.7. The zero-order chi connectivity index (χ0) is 43.3. The number of nitrogens with zero attached hydrogens (tertiary/aromatic N) is 11. The Morgan fingerprint density at radius 2 is 1.74 bits per heavy atom. The van der Waals surface area contributed by atoms with Crippen molar-refractivity contribution < 1.29 is 19.1 Å². The van der Waals surface area contributed by atoms with Gasteiger partial charge in [-0.2, -0.15) is 10.1 Å². The molecule has 7 heterocycles. The monoisotopic (exact) mass is 843 g/mol. The van der Waals surface area contributed by atoms with Gasteiger partial charge in [-0.1, -0.05) is 12.1 Å². The number of imide groups is 1. The summed E-state index contributed by atoms with van der Waals surface area (Å²) in [6.07, 6.45) is 5.44. The van der Waals surface area contributed by atoms with Gasteiger partial charge in [-0.25, -0.2) is 28.5 Å². The van der Waals surface area contributed by atoms with Gasteiger partial charge in [0.25, 0.3) is 5.56 Å². The number of fused-ring (bicyclic) bond motifs is 2. The van der Waals surface area contributed by atoms with E-state index in [1.54, 1.807) is 59.6 Å². The average Bonchev–Trinajstić information content (AvgIpc) is 3.73. The van der Waals surface area contributed by atoms with Crippen molar-refractivity contribution in [2.45, 2.75) is 45.3 Å². The van der Waals surface area contributed by atoms with Crippen molar-refractivity contribution in [1.82, 2.24) is 44.3 Å². The Bertz CT molecular complexity index is 2760. The Morgan fingerprint density at radius 3 is 2.47 bits per heavy atom. The first-order chi connectivity index (χ1) is 29.8. The normalized spacial score (nSPS) is 17.0. The number of rotatable bonds is 11. The second-order valence-corrected chi connectivity index (χ2v) is 16.8. The number of halogens is 1. The predicted octanol–water partition coefficient (Wildman–Crippen LogP) is 4.64. The summed E-state index contributed by atoms with van der Waals surface area (Å²) in [6, 6.07) is 16.0. The molecule has 3 N–H and O–H groups in total. The molecular formula is C44H50FN13O4. The SMILES string of the molecule is C=CCn1c(=O)c2cnc(Nc3ccc(N4CCN(CC5CCN(c6ccc7c(N8CCC(=O)NC8=O)nn(C)c7c6)CC5)CC4)c(F)c3)nc2n1-c1cccc(C(C)(C)O)n1. The number of benzene rings is 2. The van der Waals surface area contributed by atoms with Crippen LogP contribution in [-0.2, 0) is 24.0 Å². The molecule has 3 aliphatic heterocycles. The molecular weight excluding hydrogens is 794 g/mol. The molecule has 6 aromatic rings. The molecule has 3 fully saturated rings. The molecule has 0 saturated carbocycles. The van der Waals surface area contributed by atoms with E-state index in [-0.39, 0.29) is 41.6 Å². The van der Waals surface area contributed by atoms with Gasteiger partial charge in [0.1, 0.15) is 16.8 Å². The van der Waals surface area contributed by atoms with Gasteiger partial charge in [0, 0.05) is 88.8 Å². The summed E-state index contributed by atoms with van der Waals surface area (Å²) in [5.74, 6) is 1.08. The fraction of sp³-hybridized carbons (Fsp3) is 0.386. The van der Waals surface area contributed by atoms with Gasteiger partial charge < -0.3 is 20.2 Å². The molecule has 3 aliphatic rings. The number of hydrogen-bond donors (Lipinski definition) is 3. The molecule has 322 valence electrons. The fourth-order valence-corrected chi connectivity index (χ4v) is 8.76. The molecule has 0 spiro atoms. The summed E-state index contributed by atoms with van der Waals surface area (Å²) in [5, 5.41) is 21.9. The maximum Gasteiger partial charge on any atom is 0.329 e. The molecule has 3 saturated heterocycles. The van der Waals surface area contributed by atoms with Crippen molar-refractivity contribution in [3.05, 3.63) is 95.3 Å². The van der Waals surface area contributed by atoms with Gasteiger partial charge in [0.05, 0.1) is 23.4 Å². The number of aromatic nitrogens is 7. The molecule has 18 heteroatoms. The van der Waals surface area contributed by atoms with E-state index in [1.807, 2.05) is 13.1 Å². The molecule has 0 aliphatic carbocycles. The van der Waals surface area contributed by atoms with Gasteiger partial charge in [-0.3, -0.25) is 29.4 Å². The number of amides is 3. The Labute approximate surface area is 357 Å². The lowest BCUT2D eigenvalue weighted by Crippen LogP contribution is -2.49. The van der Waals surface area contributed by atoms with Crippen LogP contribution in [0.25, 0.3) is 27.8 Å². The smallest absolute Gasteiger partial charge is 0.329 e. The highest BCUT2D eigenvalue weighted by molar-refractivity contribution is 6.09. The lowest BCUT2D eigenvalue weighted by atomic mass is 9.95. The summed E-state index contributed by atoms with van der Waals surface area (Å²) in [5.41, 5.74) is 2.28. The number of carbonyl (C=O) groups excluding carboxylic acids is 2. The molecule has 0 unspecified atom stereocenters. The number of hydrogen-bond acceptors (Lipinski definition) is 12. The molecule has 0 radical (unpaired) electrons. The lowest BCUT2D eigenvalue weighted by molar-refractivity contribution is -0.120. The van der Waals surface area contributed by atoms with Crippen LogP contribution in [0.4, 0.5) is 38.0 Å². The molecule has 0 atom stereocenters. The van der Waals surface area contributed by atoms with E-state index in [4.69, 9.17) is 0 Å². The minimum absolute atomic E-state index is 0.181. The van der Waals surface area contributed by atoms with Gasteiger partial charge in [-0.15, -0.1) is 6.58 Å². The maximum absolute atomic E-state index is 15.8. The second-order valence-electron chi connectivity index (χ2n) is 16.8. The summed E-state index contributed by atoms with van der Waals surface area (Å²) in [6.45, 7) is 13.6. The third-order valence-corrected chi connectivity index (χ3v) is 12.1. The number of piperazine rings is 1. The van der Waals surface area contributed by atoms with Crippen LogP contribution in [-0.4, -0.2) is 108 Å². The summed E-state index contributed by atoms with van der Waals surface area (Å²) < 4.78 is 20.6. The topological polar surface area (TPSA) is 175 Å². The standard InChI is InChI=1S/C44H50FN13O4/c1-5-16-57-41(60)32-26-46-42(50-39(32)58(57)37-8-6-7-36(48-37)44(2,3)62)47-29-9-12-34(33(45)24-29)55-22-20-53(21-23-55)27-28-13-17-54(18-14-28)30-10-11-31-35(25-30)52(4)51-40(31)56-19-15-38(59)49-43(56)61/h5-12,24-26,28,62H,1,13-23,27H2,2-4H3,(H,46,47,50)(H,49,59,61). The minimum Gasteiger partial charge on any atom is -0.384 e. The van der Waals surface area contributed by atoms with Crippen LogP contribution in [0.2, 0.25) is 0 Å². The van der Waals surface area contributed by atoms with Gasteiger partial charge >= 0.3 is 6.03 Å². The van der Waals surface area contributed by atoms with Crippen molar-refractivity contribution in [1.29, 1.82) is 0 Å². The van der Waals surface area contributed by atoms with Crippen molar-refractivity contribution in [3.8, 4) is 5.82 Å². The van der Waals surface area contributed by atoms with Crippen LogP contribution in [0.1, 0.15) is 38.8 Å². The van der Waals surface area contributed by atoms with Crippen LogP contribution < -0.4 is 30.9 Å². The summed E-state index contributed by atoms with van der Waals surface area (Å²) in [7, 11) is 1.87. The first-order valence-electron chi connectivity index (χ1n) is 21.0. The van der Waals surface area contributed by atoms with E-state index in [2.05, 4.69) is 64.1 Å². The van der Waals surface area contributed by atoms with E-state index < -0.39 is 11.6 Å². The fourth-order valence-electron chi connectivity index (χ4n) is 8.76. The predicted molar refractivity (Wildman–Crippen MR) is 236 cm³/mol. The molecule has 62 heavy (non-hydrogen) atoms. The summed E-state index contributed by atoms with van der Waals surface area (Å²) in [4.78, 5) is 59.8. The minimum atomic E-state index is -1.21. The summed E-state index contributed by atoms with van der Waals surface area (Å²) >= 11 is 0. The van der Waals surface area contributed by atoms with Gasteiger partial charge in [0.15, 0.2) is 17.3 Å². The largest absolute Gasteiger partial charge is 0.384 e. The number of aryl methyl sites for hydroxylation is 1. The van der Waals surface area contributed by atoms with E-state index in [9.17, 15) is 19.5 Å². The molecule has 2 aromatic carbocycles. The second kappa shape index (κ2) is 16.3. The number of urea groups is 1. The highest BCUT2D eigenvalue weighted by Crippen LogP contribution is 2.33. The number of piperidine rings is 1. The zero-order valence-corrected chi connectivity index (χ0v) is 35.1. The molecule has 17 nitrogen and oxygen atoms in total. The highest BCUT2D eigenvalue weighted by Gasteiger charge is 2.30. The molecule has 4 aromatic heterocycles. The van der Waals surface area contributed by atoms with Crippen molar-refractivity contribution >= 4 is 62.7 Å². The third kappa shape index (κ3) is 7.86.